The first-order valence-electron chi connectivity index (χ1n) is 13.1. The number of ether oxygens (including phenoxy) is 1. The summed E-state index contributed by atoms with van der Waals surface area (Å²) in [5.74, 6) is 1.93. The lowest BCUT2D eigenvalue weighted by Gasteiger charge is -2.54. The first-order valence-corrected chi connectivity index (χ1v) is 13.9. The molecule has 8 nitrogen and oxygen atoms in total. The molecule has 0 unspecified atom stereocenters. The minimum atomic E-state index is -0.984. The highest BCUT2D eigenvalue weighted by atomic mass is 35.5. The maximum atomic E-state index is 13.5. The monoisotopic (exact) mass is 547 g/mol. The molecule has 4 bridgehead atoms. The summed E-state index contributed by atoms with van der Waals surface area (Å²) in [4.78, 5) is 27.0. The minimum Gasteiger partial charge on any atom is -0.481 e. The molecule has 5 aliphatic rings. The van der Waals surface area contributed by atoms with E-state index >= 15 is 0 Å². The second-order valence-corrected chi connectivity index (χ2v) is 12.2. The molecule has 0 radical (unpaired) electrons. The number of carbonyl (C=O) groups excluding carboxylic acids is 1. The van der Waals surface area contributed by atoms with Gasteiger partial charge in [-0.15, -0.1) is 12.4 Å². The van der Waals surface area contributed by atoms with Gasteiger partial charge in [0.05, 0.1) is 0 Å². The number of amides is 1. The van der Waals surface area contributed by atoms with E-state index in [0.29, 0.717) is 42.7 Å². The number of carboxylic acids is 1. The molecule has 4 aliphatic carbocycles. The lowest BCUT2D eigenvalue weighted by Crippen LogP contribution is -2.55. The number of hydrogen-bond donors (Lipinski definition) is 3. The average Bonchev–Trinajstić information content (AvgIpc) is 3.28. The van der Waals surface area contributed by atoms with E-state index in [1.165, 1.54) is 43.9 Å². The van der Waals surface area contributed by atoms with Crippen molar-refractivity contribution in [3.8, 4) is 5.88 Å². The Balaban J connectivity index is 0.00000280. The zero-order valence-corrected chi connectivity index (χ0v) is 22.3. The molecular weight excluding hydrogens is 514 g/mol. The van der Waals surface area contributed by atoms with Crippen LogP contribution >= 0.6 is 24.2 Å². The van der Waals surface area contributed by atoms with Crippen LogP contribution < -0.4 is 15.4 Å². The Bertz CT molecular complexity index is 1090. The van der Waals surface area contributed by atoms with Gasteiger partial charge in [0.25, 0.3) is 11.8 Å². The maximum absolute atomic E-state index is 13.5. The minimum absolute atomic E-state index is 0. The third-order valence-electron chi connectivity index (χ3n) is 8.81. The molecular formula is C27H34ClN3O5S. The molecule has 10 heteroatoms. The average molecular weight is 548 g/mol. The Kier molecular flexibility index (Phi) is 7.75. The van der Waals surface area contributed by atoms with Gasteiger partial charge in [-0.25, -0.2) is 0 Å². The van der Waals surface area contributed by atoms with Gasteiger partial charge in [0, 0.05) is 10.9 Å². The van der Waals surface area contributed by atoms with E-state index in [9.17, 15) is 14.7 Å². The molecule has 200 valence electrons. The van der Waals surface area contributed by atoms with Crippen LogP contribution in [0.3, 0.4) is 0 Å². The highest BCUT2D eigenvalue weighted by Crippen LogP contribution is 2.54. The Morgan fingerprint density at radius 3 is 2.35 bits per heavy atom. The van der Waals surface area contributed by atoms with Crippen molar-refractivity contribution in [3.05, 3.63) is 36.1 Å². The molecule has 0 spiro atoms. The molecule has 37 heavy (non-hydrogen) atoms. The number of aliphatic carboxylic acids is 1. The standard InChI is InChI=1S/C27H33N3O5S.ClH/c31-24(29-21-18-11-16-10-17(13-18)14-19(21)12-16)22-23(36-20-4-2-1-3-5-20)25(30-35-22)34-15-27(26(32)33)6-8-28-9-7-27;/h1-5,16-19,21,28H,6-15H2,(H,29,31)(H,32,33);1H. The van der Waals surface area contributed by atoms with Gasteiger partial charge in [-0.3, -0.25) is 9.59 Å². The van der Waals surface area contributed by atoms with Gasteiger partial charge in [-0.05, 0) is 99.0 Å². The van der Waals surface area contributed by atoms with Crippen LogP contribution in [-0.4, -0.2) is 47.9 Å². The fourth-order valence-electron chi connectivity index (χ4n) is 7.11. The summed E-state index contributed by atoms with van der Waals surface area (Å²) in [5.41, 5.74) is -0.984. The number of carbonyl (C=O) groups is 2. The fraction of sp³-hybridized carbons (Fsp3) is 0.593. The third kappa shape index (κ3) is 5.22. The van der Waals surface area contributed by atoms with Crippen molar-refractivity contribution in [2.45, 2.75) is 60.8 Å². The van der Waals surface area contributed by atoms with Gasteiger partial charge in [0.1, 0.15) is 16.9 Å². The van der Waals surface area contributed by atoms with Gasteiger partial charge in [0.15, 0.2) is 0 Å². The van der Waals surface area contributed by atoms with Crippen LogP contribution in [0.4, 0.5) is 0 Å². The number of halogens is 1. The normalized spacial score (nSPS) is 29.4. The van der Waals surface area contributed by atoms with Crippen LogP contribution in [0.1, 0.15) is 55.5 Å². The fourth-order valence-corrected chi connectivity index (χ4v) is 8.04. The topological polar surface area (TPSA) is 114 Å². The molecule has 4 saturated carbocycles. The number of hydrogen-bond acceptors (Lipinski definition) is 7. The molecule has 1 saturated heterocycles. The van der Waals surface area contributed by atoms with Crippen LogP contribution in [0.2, 0.25) is 0 Å². The van der Waals surface area contributed by atoms with E-state index in [4.69, 9.17) is 9.26 Å². The summed E-state index contributed by atoms with van der Waals surface area (Å²) in [6.07, 6.45) is 7.15. The Labute approximate surface area is 227 Å². The zero-order valence-electron chi connectivity index (χ0n) is 20.7. The molecule has 1 aliphatic heterocycles. The largest absolute Gasteiger partial charge is 0.481 e. The Morgan fingerprint density at radius 1 is 1.08 bits per heavy atom. The SMILES string of the molecule is Cl.O=C(NC1C2CC3CC(C2)CC1C3)c1onc(OCC2(C(=O)O)CCNCC2)c1Sc1ccccc1. The van der Waals surface area contributed by atoms with E-state index in [2.05, 4.69) is 15.8 Å². The van der Waals surface area contributed by atoms with Gasteiger partial charge in [-0.2, -0.15) is 0 Å². The Morgan fingerprint density at radius 2 is 1.73 bits per heavy atom. The van der Waals surface area contributed by atoms with Crippen LogP contribution in [0, 0.1) is 29.1 Å². The van der Waals surface area contributed by atoms with Crippen molar-refractivity contribution < 1.29 is 24.0 Å². The lowest BCUT2D eigenvalue weighted by atomic mass is 9.54. The summed E-state index contributed by atoms with van der Waals surface area (Å²) < 4.78 is 11.6. The maximum Gasteiger partial charge on any atom is 0.313 e. The quantitative estimate of drug-likeness (QED) is 0.438. The number of aromatic nitrogens is 1. The lowest BCUT2D eigenvalue weighted by molar-refractivity contribution is -0.153. The molecule has 5 fully saturated rings. The van der Waals surface area contributed by atoms with Gasteiger partial charge < -0.3 is 25.0 Å². The van der Waals surface area contributed by atoms with E-state index in [1.807, 2.05) is 30.3 Å². The smallest absolute Gasteiger partial charge is 0.313 e. The molecule has 1 aromatic heterocycles. The number of benzene rings is 1. The summed E-state index contributed by atoms with van der Waals surface area (Å²) in [7, 11) is 0. The van der Waals surface area contributed by atoms with Crippen LogP contribution in [0.5, 0.6) is 5.88 Å². The van der Waals surface area contributed by atoms with Crippen molar-refractivity contribution >= 4 is 36.0 Å². The molecule has 0 atom stereocenters. The summed E-state index contributed by atoms with van der Waals surface area (Å²) in [6, 6.07) is 9.87. The molecule has 2 heterocycles. The number of piperidine rings is 1. The first-order chi connectivity index (χ1) is 17.5. The van der Waals surface area contributed by atoms with Crippen molar-refractivity contribution in [1.82, 2.24) is 15.8 Å². The van der Waals surface area contributed by atoms with E-state index in [-0.39, 0.29) is 42.6 Å². The molecule has 7 rings (SSSR count). The Hall–Kier alpha value is -2.23. The van der Waals surface area contributed by atoms with Crippen molar-refractivity contribution in [3.63, 3.8) is 0 Å². The van der Waals surface area contributed by atoms with Crippen LogP contribution in [-0.2, 0) is 4.79 Å². The highest BCUT2D eigenvalue weighted by molar-refractivity contribution is 7.99. The number of rotatable bonds is 8. The van der Waals surface area contributed by atoms with E-state index in [0.717, 1.165) is 16.7 Å². The van der Waals surface area contributed by atoms with Crippen molar-refractivity contribution in [2.24, 2.45) is 29.1 Å². The summed E-state index contributed by atoms with van der Waals surface area (Å²) in [6.45, 7) is 1.23. The third-order valence-corrected chi connectivity index (χ3v) is 9.89. The van der Waals surface area contributed by atoms with E-state index in [1.54, 1.807) is 0 Å². The van der Waals surface area contributed by atoms with Gasteiger partial charge in [-0.1, -0.05) is 30.0 Å². The predicted molar refractivity (Wildman–Crippen MR) is 140 cm³/mol. The van der Waals surface area contributed by atoms with Gasteiger partial charge >= 0.3 is 5.97 Å². The number of carboxylic acid groups (broad SMARTS) is 1. The summed E-state index contributed by atoms with van der Waals surface area (Å²) >= 11 is 1.36. The second-order valence-electron chi connectivity index (χ2n) is 11.1. The zero-order chi connectivity index (χ0) is 24.7. The van der Waals surface area contributed by atoms with Gasteiger partial charge in [0.2, 0.25) is 5.76 Å². The predicted octanol–water partition coefficient (Wildman–Crippen LogP) is 4.64. The molecule has 2 aromatic rings. The number of nitrogens with one attached hydrogen (secondary N) is 2. The highest BCUT2D eigenvalue weighted by Gasteiger charge is 2.49. The number of nitrogens with zero attached hydrogens (tertiary/aromatic N) is 1. The molecule has 1 amide bonds. The van der Waals surface area contributed by atoms with Crippen molar-refractivity contribution in [1.29, 1.82) is 0 Å². The first kappa shape index (κ1) is 26.4. The molecule has 1 aromatic carbocycles. The van der Waals surface area contributed by atoms with Crippen LogP contribution in [0.15, 0.2) is 44.6 Å². The molecule has 3 N–H and O–H groups in total. The van der Waals surface area contributed by atoms with Crippen LogP contribution in [0.25, 0.3) is 0 Å². The van der Waals surface area contributed by atoms with E-state index < -0.39 is 11.4 Å². The van der Waals surface area contributed by atoms with Crippen molar-refractivity contribution in [2.75, 3.05) is 19.7 Å². The summed E-state index contributed by atoms with van der Waals surface area (Å²) in [5, 5.41) is 20.5. The second kappa shape index (κ2) is 10.9.